The van der Waals surface area contributed by atoms with E-state index in [1.807, 2.05) is 13.0 Å². The molecule has 2 aromatic rings. The number of benzene rings is 1. The van der Waals surface area contributed by atoms with Gasteiger partial charge in [0.05, 0.1) is 6.04 Å². The van der Waals surface area contributed by atoms with Crippen molar-refractivity contribution in [3.63, 3.8) is 0 Å². The minimum absolute atomic E-state index is 0.193. The Hall–Kier alpha value is -1.35. The number of hydrogen-bond acceptors (Lipinski definition) is 2. The summed E-state index contributed by atoms with van der Waals surface area (Å²) in [5.41, 5.74) is 1.69. The maximum absolute atomic E-state index is 13.4. The molecule has 1 heterocycles. The van der Waals surface area contributed by atoms with E-state index in [0.29, 0.717) is 5.92 Å². The van der Waals surface area contributed by atoms with Crippen molar-refractivity contribution in [1.82, 2.24) is 5.32 Å². The minimum Gasteiger partial charge on any atom is -0.459 e. The molecule has 2 nitrogen and oxygen atoms in total. The lowest BCUT2D eigenvalue weighted by Gasteiger charge is -2.14. The summed E-state index contributed by atoms with van der Waals surface area (Å²) < 4.78 is 19.4. The SMILES string of the molecule is CCCNC(c1cc2cc(F)cc(C)c2o1)C1CC1. The molecule has 3 heteroatoms. The van der Waals surface area contributed by atoms with Crippen LogP contribution in [0.25, 0.3) is 11.0 Å². The van der Waals surface area contributed by atoms with Crippen molar-refractivity contribution in [1.29, 1.82) is 0 Å². The molecule has 0 aliphatic heterocycles. The van der Waals surface area contributed by atoms with Crippen LogP contribution in [0.2, 0.25) is 0 Å². The summed E-state index contributed by atoms with van der Waals surface area (Å²) in [5, 5.41) is 4.43. The molecule has 0 saturated heterocycles. The zero-order chi connectivity index (χ0) is 13.4. The first-order chi connectivity index (χ1) is 9.19. The van der Waals surface area contributed by atoms with E-state index in [-0.39, 0.29) is 11.9 Å². The summed E-state index contributed by atoms with van der Waals surface area (Å²) in [5.74, 6) is 1.44. The minimum atomic E-state index is -0.193. The Balaban J connectivity index is 1.96. The average molecular weight is 261 g/mol. The first-order valence-corrected chi connectivity index (χ1v) is 7.12. The van der Waals surface area contributed by atoms with Crippen LogP contribution >= 0.6 is 0 Å². The molecule has 1 N–H and O–H groups in total. The Morgan fingerprint density at radius 2 is 2.16 bits per heavy atom. The zero-order valence-electron chi connectivity index (χ0n) is 11.5. The van der Waals surface area contributed by atoms with Gasteiger partial charge in [-0.3, -0.25) is 0 Å². The van der Waals surface area contributed by atoms with Crippen molar-refractivity contribution in [2.45, 2.75) is 39.2 Å². The molecule has 1 aliphatic rings. The van der Waals surface area contributed by atoms with Crippen molar-refractivity contribution in [2.75, 3.05) is 6.54 Å². The van der Waals surface area contributed by atoms with Crippen LogP contribution in [0.3, 0.4) is 0 Å². The van der Waals surface area contributed by atoms with Crippen molar-refractivity contribution < 1.29 is 8.81 Å². The molecule has 102 valence electrons. The van der Waals surface area contributed by atoms with E-state index in [1.165, 1.54) is 18.9 Å². The zero-order valence-corrected chi connectivity index (χ0v) is 11.5. The Bertz CT molecular complexity index is 586. The molecule has 1 unspecified atom stereocenters. The van der Waals surface area contributed by atoms with E-state index in [0.717, 1.165) is 35.3 Å². The van der Waals surface area contributed by atoms with Crippen LogP contribution < -0.4 is 5.32 Å². The van der Waals surface area contributed by atoms with Crippen LogP contribution in [0.5, 0.6) is 0 Å². The number of halogens is 1. The molecule has 0 radical (unpaired) electrons. The van der Waals surface area contributed by atoms with E-state index in [4.69, 9.17) is 4.42 Å². The number of nitrogens with one attached hydrogen (secondary N) is 1. The lowest BCUT2D eigenvalue weighted by molar-refractivity contribution is 0.396. The Labute approximate surface area is 113 Å². The second-order valence-corrected chi connectivity index (χ2v) is 5.56. The molecule has 1 aromatic heterocycles. The van der Waals surface area contributed by atoms with Gasteiger partial charge in [0, 0.05) is 5.39 Å². The number of furan rings is 1. The molecule has 19 heavy (non-hydrogen) atoms. The third kappa shape index (κ3) is 2.52. The van der Waals surface area contributed by atoms with E-state index in [1.54, 1.807) is 6.07 Å². The van der Waals surface area contributed by atoms with Gasteiger partial charge < -0.3 is 9.73 Å². The number of hydrogen-bond donors (Lipinski definition) is 1. The largest absolute Gasteiger partial charge is 0.459 e. The van der Waals surface area contributed by atoms with Crippen LogP contribution in [0.4, 0.5) is 4.39 Å². The number of aryl methyl sites for hydroxylation is 1. The van der Waals surface area contributed by atoms with Crippen LogP contribution in [-0.2, 0) is 0 Å². The van der Waals surface area contributed by atoms with E-state index in [2.05, 4.69) is 12.2 Å². The maximum atomic E-state index is 13.4. The standard InChI is InChI=1S/C16H20FNO/c1-3-6-18-15(11-4-5-11)14-9-12-8-13(17)7-10(2)16(12)19-14/h7-9,11,15,18H,3-6H2,1-2H3. The van der Waals surface area contributed by atoms with Crippen molar-refractivity contribution >= 4 is 11.0 Å². The van der Waals surface area contributed by atoms with E-state index >= 15 is 0 Å². The molecule has 0 bridgehead atoms. The van der Waals surface area contributed by atoms with Crippen LogP contribution in [-0.4, -0.2) is 6.54 Å². The normalized spacial score (nSPS) is 17.0. The highest BCUT2D eigenvalue weighted by Gasteiger charge is 2.34. The maximum Gasteiger partial charge on any atom is 0.137 e. The first kappa shape index (κ1) is 12.7. The van der Waals surface area contributed by atoms with E-state index in [9.17, 15) is 4.39 Å². The third-order valence-corrected chi connectivity index (χ3v) is 3.80. The van der Waals surface area contributed by atoms with Gasteiger partial charge in [-0.05, 0) is 62.4 Å². The molecule has 1 fully saturated rings. The van der Waals surface area contributed by atoms with Gasteiger partial charge in [-0.2, -0.15) is 0 Å². The van der Waals surface area contributed by atoms with Crippen molar-refractivity contribution in [3.05, 3.63) is 35.3 Å². The number of fused-ring (bicyclic) bond motifs is 1. The van der Waals surface area contributed by atoms with Crippen molar-refractivity contribution in [3.8, 4) is 0 Å². The summed E-state index contributed by atoms with van der Waals surface area (Å²) in [7, 11) is 0. The summed E-state index contributed by atoms with van der Waals surface area (Å²) in [6, 6.07) is 5.37. The number of rotatable bonds is 5. The summed E-state index contributed by atoms with van der Waals surface area (Å²) in [4.78, 5) is 0. The fourth-order valence-corrected chi connectivity index (χ4v) is 2.69. The monoisotopic (exact) mass is 261 g/mol. The topological polar surface area (TPSA) is 25.2 Å². The highest BCUT2D eigenvalue weighted by molar-refractivity contribution is 5.81. The van der Waals surface area contributed by atoms with Crippen LogP contribution in [0, 0.1) is 18.7 Å². The molecule has 1 aromatic carbocycles. The predicted octanol–water partition coefficient (Wildman–Crippen LogP) is 4.33. The summed E-state index contributed by atoms with van der Waals surface area (Å²) in [6.45, 7) is 5.05. The Morgan fingerprint density at radius 1 is 1.37 bits per heavy atom. The van der Waals surface area contributed by atoms with Gasteiger partial charge in [-0.1, -0.05) is 6.92 Å². The second kappa shape index (κ2) is 4.97. The summed E-state index contributed by atoms with van der Waals surface area (Å²) in [6.07, 6.45) is 3.62. The first-order valence-electron chi connectivity index (χ1n) is 7.12. The van der Waals surface area contributed by atoms with Gasteiger partial charge in [0.15, 0.2) is 0 Å². The fraction of sp³-hybridized carbons (Fsp3) is 0.500. The Kier molecular flexibility index (Phi) is 3.31. The Morgan fingerprint density at radius 3 is 2.84 bits per heavy atom. The van der Waals surface area contributed by atoms with Crippen LogP contribution in [0.15, 0.2) is 22.6 Å². The highest BCUT2D eigenvalue weighted by Crippen LogP contribution is 2.42. The van der Waals surface area contributed by atoms with Gasteiger partial charge in [0.25, 0.3) is 0 Å². The van der Waals surface area contributed by atoms with E-state index < -0.39 is 0 Å². The molecule has 3 rings (SSSR count). The average Bonchev–Trinajstić information content (AvgIpc) is 3.10. The smallest absolute Gasteiger partial charge is 0.137 e. The molecule has 1 saturated carbocycles. The van der Waals surface area contributed by atoms with Gasteiger partial charge in [0.2, 0.25) is 0 Å². The third-order valence-electron chi connectivity index (χ3n) is 3.80. The highest BCUT2D eigenvalue weighted by atomic mass is 19.1. The summed E-state index contributed by atoms with van der Waals surface area (Å²) >= 11 is 0. The van der Waals surface area contributed by atoms with Gasteiger partial charge >= 0.3 is 0 Å². The van der Waals surface area contributed by atoms with Gasteiger partial charge in [0.1, 0.15) is 17.2 Å². The van der Waals surface area contributed by atoms with Gasteiger partial charge in [-0.15, -0.1) is 0 Å². The molecule has 1 aliphatic carbocycles. The lowest BCUT2D eigenvalue weighted by atomic mass is 10.1. The quantitative estimate of drug-likeness (QED) is 0.866. The lowest BCUT2D eigenvalue weighted by Crippen LogP contribution is -2.23. The van der Waals surface area contributed by atoms with Gasteiger partial charge in [-0.25, -0.2) is 4.39 Å². The van der Waals surface area contributed by atoms with Crippen LogP contribution in [0.1, 0.15) is 43.6 Å². The van der Waals surface area contributed by atoms with Crippen molar-refractivity contribution in [2.24, 2.45) is 5.92 Å². The molecular weight excluding hydrogens is 241 g/mol. The second-order valence-electron chi connectivity index (χ2n) is 5.56. The molecule has 1 atom stereocenters. The molecule has 0 spiro atoms. The molecule has 0 amide bonds. The predicted molar refractivity (Wildman–Crippen MR) is 74.7 cm³/mol. The fourth-order valence-electron chi connectivity index (χ4n) is 2.69. The molecular formula is C16H20FNO.